The Morgan fingerprint density at radius 2 is 2.07 bits per heavy atom. The van der Waals surface area contributed by atoms with Gasteiger partial charge < -0.3 is 10.0 Å². The Morgan fingerprint density at radius 3 is 2.50 bits per heavy atom. The van der Waals surface area contributed by atoms with Gasteiger partial charge in [-0.05, 0) is 40.4 Å². The Bertz CT molecular complexity index is 229. The summed E-state index contributed by atoms with van der Waals surface area (Å²) in [5, 5.41) is 8.85. The number of aliphatic carboxylic acids is 1. The van der Waals surface area contributed by atoms with E-state index in [1.807, 2.05) is 27.1 Å². The second-order valence-corrected chi connectivity index (χ2v) is 3.43. The van der Waals surface area contributed by atoms with Crippen LogP contribution in [0.15, 0.2) is 23.8 Å². The zero-order chi connectivity index (χ0) is 11.0. The van der Waals surface area contributed by atoms with Crippen LogP contribution in [0.1, 0.15) is 19.8 Å². The van der Waals surface area contributed by atoms with Crippen molar-refractivity contribution in [1.82, 2.24) is 4.90 Å². The highest BCUT2D eigenvalue weighted by Crippen LogP contribution is 2.06. The van der Waals surface area contributed by atoms with E-state index in [0.717, 1.165) is 13.0 Å². The maximum Gasteiger partial charge on any atom is 0.331 e. The fourth-order valence-corrected chi connectivity index (χ4v) is 1.06. The highest BCUT2D eigenvalue weighted by atomic mass is 16.4. The summed E-state index contributed by atoms with van der Waals surface area (Å²) in [7, 11) is 3.96. The van der Waals surface area contributed by atoms with E-state index in [1.165, 1.54) is 0 Å². The van der Waals surface area contributed by atoms with Crippen molar-refractivity contribution in [3.05, 3.63) is 23.8 Å². The lowest BCUT2D eigenvalue weighted by Gasteiger charge is -2.08. The molecule has 3 nitrogen and oxygen atoms in total. The Balaban J connectivity index is 4.05. The summed E-state index contributed by atoms with van der Waals surface area (Å²) in [5.74, 6) is -0.818. The maximum atomic E-state index is 10.8. The molecule has 3 heteroatoms. The Hall–Kier alpha value is -1.09. The lowest BCUT2D eigenvalue weighted by molar-refractivity contribution is -0.132. The normalized spacial score (nSPS) is 12.7. The van der Waals surface area contributed by atoms with Crippen molar-refractivity contribution in [2.75, 3.05) is 20.6 Å². The topological polar surface area (TPSA) is 40.5 Å². The van der Waals surface area contributed by atoms with Crippen molar-refractivity contribution in [3.63, 3.8) is 0 Å². The molecule has 0 aromatic rings. The number of carboxylic acid groups (broad SMARTS) is 1. The van der Waals surface area contributed by atoms with Crippen LogP contribution in [0.4, 0.5) is 0 Å². The van der Waals surface area contributed by atoms with Gasteiger partial charge in [-0.25, -0.2) is 4.79 Å². The summed E-state index contributed by atoms with van der Waals surface area (Å²) in [6.45, 7) is 2.79. The molecule has 0 aliphatic rings. The fourth-order valence-electron chi connectivity index (χ4n) is 1.06. The number of carboxylic acids is 1. The van der Waals surface area contributed by atoms with E-state index < -0.39 is 5.97 Å². The van der Waals surface area contributed by atoms with Crippen molar-refractivity contribution in [3.8, 4) is 0 Å². The van der Waals surface area contributed by atoms with E-state index in [0.29, 0.717) is 12.0 Å². The molecule has 0 fully saturated rings. The number of hydrogen-bond acceptors (Lipinski definition) is 2. The molecular formula is C11H19NO2. The Morgan fingerprint density at radius 1 is 1.43 bits per heavy atom. The van der Waals surface area contributed by atoms with Crippen LogP contribution in [0, 0.1) is 0 Å². The van der Waals surface area contributed by atoms with Gasteiger partial charge in [0, 0.05) is 5.57 Å². The summed E-state index contributed by atoms with van der Waals surface area (Å²) >= 11 is 0. The van der Waals surface area contributed by atoms with Crippen LogP contribution in [0.3, 0.4) is 0 Å². The van der Waals surface area contributed by atoms with Crippen LogP contribution in [0.5, 0.6) is 0 Å². The maximum absolute atomic E-state index is 10.8. The fraction of sp³-hybridized carbons (Fsp3) is 0.545. The molecule has 80 valence electrons. The van der Waals surface area contributed by atoms with Gasteiger partial charge in [0.25, 0.3) is 0 Å². The van der Waals surface area contributed by atoms with E-state index in [2.05, 4.69) is 4.90 Å². The second-order valence-electron chi connectivity index (χ2n) is 3.43. The van der Waals surface area contributed by atoms with Crippen molar-refractivity contribution in [1.29, 1.82) is 0 Å². The first-order chi connectivity index (χ1) is 6.57. The molecule has 0 bridgehead atoms. The molecule has 0 saturated heterocycles. The van der Waals surface area contributed by atoms with Crippen LogP contribution in [-0.4, -0.2) is 36.6 Å². The van der Waals surface area contributed by atoms with E-state index in [-0.39, 0.29) is 0 Å². The molecule has 0 unspecified atom stereocenters. The Labute approximate surface area is 85.7 Å². The van der Waals surface area contributed by atoms with E-state index in [1.54, 1.807) is 12.2 Å². The largest absolute Gasteiger partial charge is 0.478 e. The smallest absolute Gasteiger partial charge is 0.331 e. The van der Waals surface area contributed by atoms with Gasteiger partial charge in [0.15, 0.2) is 0 Å². The van der Waals surface area contributed by atoms with Crippen molar-refractivity contribution < 1.29 is 9.90 Å². The molecule has 1 N–H and O–H groups in total. The van der Waals surface area contributed by atoms with Crippen LogP contribution in [0.2, 0.25) is 0 Å². The molecule has 0 rings (SSSR count). The SMILES string of the molecule is C/C=C/C=C(\CCCN(C)C)C(=O)O. The van der Waals surface area contributed by atoms with Gasteiger partial charge in [-0.15, -0.1) is 0 Å². The molecule has 0 heterocycles. The summed E-state index contributed by atoms with van der Waals surface area (Å²) in [6.07, 6.45) is 6.76. The average Bonchev–Trinajstić information content (AvgIpc) is 2.09. The number of hydrogen-bond donors (Lipinski definition) is 1. The van der Waals surface area contributed by atoms with E-state index in [9.17, 15) is 4.79 Å². The summed E-state index contributed by atoms with van der Waals surface area (Å²) in [4.78, 5) is 12.8. The zero-order valence-corrected chi connectivity index (χ0v) is 9.16. The number of rotatable bonds is 6. The van der Waals surface area contributed by atoms with Gasteiger partial charge in [0.2, 0.25) is 0 Å². The molecule has 0 aromatic carbocycles. The number of nitrogens with zero attached hydrogens (tertiary/aromatic N) is 1. The monoisotopic (exact) mass is 197 g/mol. The standard InChI is InChI=1S/C11H19NO2/c1-4-5-7-10(11(13)14)8-6-9-12(2)3/h4-5,7H,6,8-9H2,1-3H3,(H,13,14)/b5-4+,10-7+. The summed E-state index contributed by atoms with van der Waals surface area (Å²) in [6, 6.07) is 0. The van der Waals surface area contributed by atoms with Crippen LogP contribution >= 0.6 is 0 Å². The van der Waals surface area contributed by atoms with Gasteiger partial charge in [-0.1, -0.05) is 18.2 Å². The lowest BCUT2D eigenvalue weighted by Crippen LogP contribution is -2.13. The first-order valence-electron chi connectivity index (χ1n) is 4.77. The van der Waals surface area contributed by atoms with Crippen molar-refractivity contribution in [2.24, 2.45) is 0 Å². The molecule has 0 aromatic heterocycles. The molecule has 0 spiro atoms. The van der Waals surface area contributed by atoms with Crippen LogP contribution < -0.4 is 0 Å². The van der Waals surface area contributed by atoms with E-state index >= 15 is 0 Å². The van der Waals surface area contributed by atoms with Gasteiger partial charge >= 0.3 is 5.97 Å². The molecular weight excluding hydrogens is 178 g/mol. The second kappa shape index (κ2) is 7.33. The molecule has 0 saturated carbocycles. The molecule has 0 aliphatic carbocycles. The predicted octanol–water partition coefficient (Wildman–Crippen LogP) is 1.92. The van der Waals surface area contributed by atoms with Crippen molar-refractivity contribution >= 4 is 5.97 Å². The van der Waals surface area contributed by atoms with Gasteiger partial charge in [0.1, 0.15) is 0 Å². The molecule has 0 radical (unpaired) electrons. The van der Waals surface area contributed by atoms with Crippen LogP contribution in [-0.2, 0) is 4.79 Å². The third-order valence-electron chi connectivity index (χ3n) is 1.82. The van der Waals surface area contributed by atoms with Gasteiger partial charge in [0.05, 0.1) is 0 Å². The van der Waals surface area contributed by atoms with Crippen molar-refractivity contribution in [2.45, 2.75) is 19.8 Å². The predicted molar refractivity (Wildman–Crippen MR) is 58.3 cm³/mol. The third-order valence-corrected chi connectivity index (χ3v) is 1.82. The summed E-state index contributed by atoms with van der Waals surface area (Å²) < 4.78 is 0. The number of carbonyl (C=O) groups is 1. The highest BCUT2D eigenvalue weighted by Gasteiger charge is 2.05. The minimum Gasteiger partial charge on any atom is -0.478 e. The zero-order valence-electron chi connectivity index (χ0n) is 9.16. The highest BCUT2D eigenvalue weighted by molar-refractivity contribution is 5.86. The average molecular weight is 197 g/mol. The minimum atomic E-state index is -0.818. The summed E-state index contributed by atoms with van der Waals surface area (Å²) in [5.41, 5.74) is 0.477. The molecule has 0 aliphatic heterocycles. The third kappa shape index (κ3) is 6.43. The lowest BCUT2D eigenvalue weighted by atomic mass is 10.1. The Kier molecular flexibility index (Phi) is 6.76. The minimum absolute atomic E-state index is 0.477. The molecule has 0 amide bonds. The molecule has 14 heavy (non-hydrogen) atoms. The van der Waals surface area contributed by atoms with Gasteiger partial charge in [-0.2, -0.15) is 0 Å². The van der Waals surface area contributed by atoms with Crippen LogP contribution in [0.25, 0.3) is 0 Å². The quantitative estimate of drug-likeness (QED) is 0.522. The first-order valence-corrected chi connectivity index (χ1v) is 4.77. The first kappa shape index (κ1) is 12.9. The number of allylic oxidation sites excluding steroid dienone is 3. The van der Waals surface area contributed by atoms with Gasteiger partial charge in [-0.3, -0.25) is 0 Å². The molecule has 0 atom stereocenters. The van der Waals surface area contributed by atoms with E-state index in [4.69, 9.17) is 5.11 Å².